The summed E-state index contributed by atoms with van der Waals surface area (Å²) in [5.41, 5.74) is 0.778. The first kappa shape index (κ1) is 14.1. The van der Waals surface area contributed by atoms with E-state index in [1.165, 1.54) is 6.42 Å². The van der Waals surface area contributed by atoms with E-state index >= 15 is 0 Å². The molecule has 1 aliphatic rings. The maximum absolute atomic E-state index is 12.6. The maximum Gasteiger partial charge on any atom is 0.261 e. The molecule has 1 aliphatic carbocycles. The van der Waals surface area contributed by atoms with Crippen molar-refractivity contribution in [1.29, 1.82) is 0 Å². The number of fused-ring (bicyclic) bond motifs is 1. The van der Waals surface area contributed by atoms with E-state index in [4.69, 9.17) is 9.47 Å². The predicted molar refractivity (Wildman–Crippen MR) is 80.7 cm³/mol. The molecule has 0 saturated heterocycles. The molecule has 21 heavy (non-hydrogen) atoms. The molecule has 1 saturated carbocycles. The third kappa shape index (κ3) is 2.53. The number of hydrogen-bond donors (Lipinski definition) is 0. The van der Waals surface area contributed by atoms with Gasteiger partial charge in [0, 0.05) is 19.1 Å². The zero-order chi connectivity index (χ0) is 14.9. The van der Waals surface area contributed by atoms with E-state index < -0.39 is 0 Å². The molecular formula is C16H20N2O3. The van der Waals surface area contributed by atoms with Gasteiger partial charge < -0.3 is 9.47 Å². The molecule has 3 rings (SSSR count). The quantitative estimate of drug-likeness (QED) is 0.846. The standard InChI is InChI=1S/C16H20N2O3/c1-20-10-16(6-3-7-16)9-18-11-17-14-5-4-12(21-2)8-13(14)15(18)19/h4-5,8,11H,3,6-7,9-10H2,1-2H3. The Balaban J connectivity index is 1.99. The van der Waals surface area contributed by atoms with Gasteiger partial charge >= 0.3 is 0 Å². The molecule has 0 aliphatic heterocycles. The van der Waals surface area contributed by atoms with Crippen molar-refractivity contribution >= 4 is 10.9 Å². The van der Waals surface area contributed by atoms with Gasteiger partial charge in [0.05, 0.1) is 30.9 Å². The molecule has 0 unspecified atom stereocenters. The van der Waals surface area contributed by atoms with Crippen LogP contribution in [0.1, 0.15) is 19.3 Å². The second-order valence-corrected chi connectivity index (χ2v) is 5.85. The van der Waals surface area contributed by atoms with Crippen LogP contribution in [0.5, 0.6) is 5.75 Å². The number of hydrogen-bond acceptors (Lipinski definition) is 4. The Labute approximate surface area is 123 Å². The Morgan fingerprint density at radius 2 is 2.14 bits per heavy atom. The first-order chi connectivity index (χ1) is 10.2. The first-order valence-corrected chi connectivity index (χ1v) is 7.20. The van der Waals surface area contributed by atoms with Crippen LogP contribution in [0.4, 0.5) is 0 Å². The van der Waals surface area contributed by atoms with Crippen molar-refractivity contribution in [1.82, 2.24) is 9.55 Å². The lowest BCUT2D eigenvalue weighted by Crippen LogP contribution is -2.41. The smallest absolute Gasteiger partial charge is 0.261 e. The van der Waals surface area contributed by atoms with Crippen molar-refractivity contribution in [3.63, 3.8) is 0 Å². The summed E-state index contributed by atoms with van der Waals surface area (Å²) in [5.74, 6) is 0.675. The lowest BCUT2D eigenvalue weighted by atomic mass is 9.69. The van der Waals surface area contributed by atoms with E-state index in [0.717, 1.165) is 12.8 Å². The monoisotopic (exact) mass is 288 g/mol. The number of methoxy groups -OCH3 is 2. The highest BCUT2D eigenvalue weighted by atomic mass is 16.5. The highest BCUT2D eigenvalue weighted by Gasteiger charge is 2.37. The van der Waals surface area contributed by atoms with Gasteiger partial charge in [-0.3, -0.25) is 9.36 Å². The summed E-state index contributed by atoms with van der Waals surface area (Å²) >= 11 is 0. The van der Waals surface area contributed by atoms with Gasteiger partial charge in [0.2, 0.25) is 0 Å². The average Bonchev–Trinajstić information content (AvgIpc) is 2.47. The molecular weight excluding hydrogens is 268 g/mol. The Hall–Kier alpha value is -1.88. The molecule has 0 N–H and O–H groups in total. The zero-order valence-corrected chi connectivity index (χ0v) is 12.5. The molecule has 0 bridgehead atoms. The van der Waals surface area contributed by atoms with E-state index in [9.17, 15) is 4.79 Å². The summed E-state index contributed by atoms with van der Waals surface area (Å²) < 4.78 is 12.2. The van der Waals surface area contributed by atoms with Crippen LogP contribution in [0.3, 0.4) is 0 Å². The Kier molecular flexibility index (Phi) is 3.68. The summed E-state index contributed by atoms with van der Waals surface area (Å²) in [4.78, 5) is 17.0. The number of nitrogens with zero attached hydrogens (tertiary/aromatic N) is 2. The van der Waals surface area contributed by atoms with Crippen LogP contribution in [0.15, 0.2) is 29.3 Å². The first-order valence-electron chi connectivity index (χ1n) is 7.20. The number of aromatic nitrogens is 2. The summed E-state index contributed by atoms with van der Waals surface area (Å²) in [7, 11) is 3.31. The van der Waals surface area contributed by atoms with Crippen molar-refractivity contribution in [3.05, 3.63) is 34.9 Å². The van der Waals surface area contributed by atoms with Crippen LogP contribution in [0.2, 0.25) is 0 Å². The SMILES string of the molecule is COCC1(Cn2cnc3ccc(OC)cc3c2=O)CCC1. The second-order valence-electron chi connectivity index (χ2n) is 5.85. The summed E-state index contributed by atoms with van der Waals surface area (Å²) in [5, 5.41) is 0.601. The molecule has 1 aromatic heterocycles. The summed E-state index contributed by atoms with van der Waals surface area (Å²) in [6, 6.07) is 5.39. The molecule has 0 radical (unpaired) electrons. The number of rotatable bonds is 5. The second kappa shape index (κ2) is 5.48. The van der Waals surface area contributed by atoms with Gasteiger partial charge in [0.1, 0.15) is 5.75 Å². The van der Waals surface area contributed by atoms with Crippen molar-refractivity contribution < 1.29 is 9.47 Å². The largest absolute Gasteiger partial charge is 0.497 e. The van der Waals surface area contributed by atoms with Gasteiger partial charge in [0.15, 0.2) is 0 Å². The Bertz CT molecular complexity index is 704. The molecule has 1 aromatic carbocycles. The molecule has 0 spiro atoms. The minimum Gasteiger partial charge on any atom is -0.497 e. The van der Waals surface area contributed by atoms with E-state index in [-0.39, 0.29) is 11.0 Å². The third-order valence-electron chi connectivity index (χ3n) is 4.40. The molecule has 5 heteroatoms. The lowest BCUT2D eigenvalue weighted by Gasteiger charge is -2.41. The van der Waals surface area contributed by atoms with Gasteiger partial charge in [0.25, 0.3) is 5.56 Å². The fourth-order valence-corrected chi connectivity index (χ4v) is 3.07. The summed E-state index contributed by atoms with van der Waals surface area (Å²) in [6.07, 6.45) is 5.05. The van der Waals surface area contributed by atoms with Crippen LogP contribution < -0.4 is 10.3 Å². The van der Waals surface area contributed by atoms with Gasteiger partial charge in [-0.25, -0.2) is 4.98 Å². The van der Waals surface area contributed by atoms with Crippen LogP contribution in [0, 0.1) is 5.41 Å². The van der Waals surface area contributed by atoms with E-state index in [1.54, 1.807) is 31.2 Å². The highest BCUT2D eigenvalue weighted by molar-refractivity contribution is 5.78. The van der Waals surface area contributed by atoms with Crippen molar-refractivity contribution in [2.75, 3.05) is 20.8 Å². The van der Waals surface area contributed by atoms with Crippen LogP contribution >= 0.6 is 0 Å². The maximum atomic E-state index is 12.6. The van der Waals surface area contributed by atoms with Crippen LogP contribution in [0.25, 0.3) is 10.9 Å². The molecule has 1 heterocycles. The van der Waals surface area contributed by atoms with Crippen molar-refractivity contribution in [3.8, 4) is 5.75 Å². The van der Waals surface area contributed by atoms with Crippen molar-refractivity contribution in [2.24, 2.45) is 5.41 Å². The zero-order valence-electron chi connectivity index (χ0n) is 12.5. The Morgan fingerprint density at radius 1 is 1.33 bits per heavy atom. The molecule has 0 amide bonds. The van der Waals surface area contributed by atoms with Gasteiger partial charge in [-0.15, -0.1) is 0 Å². The summed E-state index contributed by atoms with van der Waals surface area (Å²) in [6.45, 7) is 1.36. The van der Waals surface area contributed by atoms with Crippen molar-refractivity contribution in [2.45, 2.75) is 25.8 Å². The fourth-order valence-electron chi connectivity index (χ4n) is 3.07. The van der Waals surface area contributed by atoms with Crippen LogP contribution in [-0.2, 0) is 11.3 Å². The minimum atomic E-state index is -0.0127. The molecule has 1 fully saturated rings. The molecule has 112 valence electrons. The van der Waals surface area contributed by atoms with E-state index in [1.807, 2.05) is 12.1 Å². The predicted octanol–water partition coefficient (Wildman–Crippen LogP) is 2.22. The number of ether oxygens (including phenoxy) is 2. The Morgan fingerprint density at radius 3 is 2.76 bits per heavy atom. The van der Waals surface area contributed by atoms with Gasteiger partial charge in [-0.05, 0) is 31.0 Å². The topological polar surface area (TPSA) is 53.4 Å². The average molecular weight is 288 g/mol. The molecule has 0 atom stereocenters. The number of benzene rings is 1. The van der Waals surface area contributed by atoms with E-state index in [0.29, 0.717) is 29.8 Å². The fraction of sp³-hybridized carbons (Fsp3) is 0.500. The molecule has 2 aromatic rings. The molecule has 5 nitrogen and oxygen atoms in total. The van der Waals surface area contributed by atoms with Gasteiger partial charge in [-0.2, -0.15) is 0 Å². The minimum absolute atomic E-state index is 0.0127. The third-order valence-corrected chi connectivity index (χ3v) is 4.40. The van der Waals surface area contributed by atoms with Crippen LogP contribution in [-0.4, -0.2) is 30.4 Å². The highest BCUT2D eigenvalue weighted by Crippen LogP contribution is 2.42. The van der Waals surface area contributed by atoms with E-state index in [2.05, 4.69) is 4.98 Å². The normalized spacial score (nSPS) is 16.7. The lowest BCUT2D eigenvalue weighted by molar-refractivity contribution is 0.00254. The van der Waals surface area contributed by atoms with Gasteiger partial charge in [-0.1, -0.05) is 6.42 Å².